The van der Waals surface area contributed by atoms with Crippen molar-refractivity contribution in [2.45, 2.75) is 45.7 Å². The molecule has 33 heavy (non-hydrogen) atoms. The molecule has 9 nitrogen and oxygen atoms in total. The first-order chi connectivity index (χ1) is 16.0. The normalized spacial score (nSPS) is 12.8. The summed E-state index contributed by atoms with van der Waals surface area (Å²) in [4.78, 5) is 26.2. The molecular formula is C24H29N5O4. The van der Waals surface area contributed by atoms with Gasteiger partial charge in [-0.25, -0.2) is 4.79 Å². The van der Waals surface area contributed by atoms with Gasteiger partial charge < -0.3 is 15.1 Å². The van der Waals surface area contributed by atoms with Gasteiger partial charge in [0.2, 0.25) is 11.7 Å². The van der Waals surface area contributed by atoms with E-state index in [4.69, 9.17) is 0 Å². The van der Waals surface area contributed by atoms with Crippen molar-refractivity contribution in [2.75, 3.05) is 6.61 Å². The van der Waals surface area contributed by atoms with Gasteiger partial charge in [0.15, 0.2) is 0 Å². The third-order valence-corrected chi connectivity index (χ3v) is 5.61. The average Bonchev–Trinajstić information content (AvgIpc) is 3.37. The molecule has 1 aromatic heterocycles. The molecule has 0 saturated heterocycles. The molecule has 1 heterocycles. The van der Waals surface area contributed by atoms with E-state index >= 15 is 0 Å². The molecule has 3 N–H and O–H groups in total. The second-order valence-electron chi connectivity index (χ2n) is 8.05. The van der Waals surface area contributed by atoms with E-state index in [0.29, 0.717) is 12.2 Å². The van der Waals surface area contributed by atoms with Gasteiger partial charge in [-0.3, -0.25) is 4.79 Å². The van der Waals surface area contributed by atoms with E-state index in [1.165, 1.54) is 4.90 Å². The van der Waals surface area contributed by atoms with Gasteiger partial charge in [-0.2, -0.15) is 5.21 Å². The number of H-pyrrole nitrogens is 1. The van der Waals surface area contributed by atoms with E-state index < -0.39 is 17.9 Å². The van der Waals surface area contributed by atoms with Crippen molar-refractivity contribution >= 4 is 11.9 Å². The van der Waals surface area contributed by atoms with Crippen LogP contribution in [0.4, 0.5) is 0 Å². The largest absolute Gasteiger partial charge is 0.480 e. The van der Waals surface area contributed by atoms with Crippen LogP contribution in [0.25, 0.3) is 22.5 Å². The number of carbonyl (C=O) groups excluding carboxylic acids is 1. The number of hydrogen-bond donors (Lipinski definition) is 3. The standard InChI is InChI=1S/C24H29N5O4/c1-3-4-9-21(31)29(22(24(32)33)16(2)15-30)14-17-10-12-18(13-11-17)19-7-5-6-8-20(19)23-25-27-28-26-23/h5-8,10-13,16,22,30H,3-4,9,14-15H2,1-2H3,(H,32,33)(H,25,26,27,28). The Kier molecular flexibility index (Phi) is 8.26. The maximum Gasteiger partial charge on any atom is 0.326 e. The zero-order valence-corrected chi connectivity index (χ0v) is 18.8. The fourth-order valence-electron chi connectivity index (χ4n) is 3.79. The maximum absolute atomic E-state index is 12.9. The number of carbonyl (C=O) groups is 2. The molecule has 0 aliphatic rings. The number of nitrogens with one attached hydrogen (secondary N) is 1. The number of benzene rings is 2. The smallest absolute Gasteiger partial charge is 0.326 e. The molecule has 0 saturated carbocycles. The first-order valence-electron chi connectivity index (χ1n) is 11.0. The molecule has 0 fully saturated rings. The molecule has 9 heteroatoms. The molecular weight excluding hydrogens is 422 g/mol. The number of hydrogen-bond acceptors (Lipinski definition) is 6. The van der Waals surface area contributed by atoms with Crippen molar-refractivity contribution in [3.05, 3.63) is 54.1 Å². The van der Waals surface area contributed by atoms with Gasteiger partial charge in [0.25, 0.3) is 0 Å². The molecule has 1 amide bonds. The van der Waals surface area contributed by atoms with E-state index in [9.17, 15) is 19.8 Å². The van der Waals surface area contributed by atoms with E-state index in [1.54, 1.807) is 6.92 Å². The van der Waals surface area contributed by atoms with E-state index in [2.05, 4.69) is 20.6 Å². The SMILES string of the molecule is CCCCC(=O)N(Cc1ccc(-c2ccccc2-c2nn[nH]n2)cc1)C(C(=O)O)C(C)CO. The number of aliphatic hydroxyl groups is 1. The van der Waals surface area contributed by atoms with E-state index in [0.717, 1.165) is 28.7 Å². The monoisotopic (exact) mass is 451 g/mol. The van der Waals surface area contributed by atoms with Crippen molar-refractivity contribution in [1.29, 1.82) is 0 Å². The second-order valence-corrected chi connectivity index (χ2v) is 8.05. The number of rotatable bonds is 11. The van der Waals surface area contributed by atoms with Crippen LogP contribution in [-0.4, -0.2) is 60.3 Å². The minimum atomic E-state index is -1.12. The Morgan fingerprint density at radius 1 is 1.09 bits per heavy atom. The minimum Gasteiger partial charge on any atom is -0.480 e. The Hall–Kier alpha value is -3.59. The number of carboxylic acid groups (broad SMARTS) is 1. The Morgan fingerprint density at radius 3 is 2.36 bits per heavy atom. The molecule has 2 atom stereocenters. The number of nitrogens with zero attached hydrogens (tertiary/aromatic N) is 4. The van der Waals surface area contributed by atoms with Crippen molar-refractivity contribution in [3.8, 4) is 22.5 Å². The van der Waals surface area contributed by atoms with Crippen LogP contribution in [0, 0.1) is 5.92 Å². The molecule has 2 aromatic carbocycles. The van der Waals surface area contributed by atoms with Crippen molar-refractivity contribution in [3.63, 3.8) is 0 Å². The lowest BCUT2D eigenvalue weighted by Crippen LogP contribution is -2.49. The van der Waals surface area contributed by atoms with Crippen molar-refractivity contribution in [2.24, 2.45) is 5.92 Å². The Balaban J connectivity index is 1.88. The predicted molar refractivity (Wildman–Crippen MR) is 123 cm³/mol. The van der Waals surface area contributed by atoms with E-state index in [-0.39, 0.29) is 25.5 Å². The highest BCUT2D eigenvalue weighted by Crippen LogP contribution is 2.30. The zero-order chi connectivity index (χ0) is 23.8. The summed E-state index contributed by atoms with van der Waals surface area (Å²) in [5.41, 5.74) is 3.50. The average molecular weight is 452 g/mol. The number of aromatic nitrogens is 4. The number of carboxylic acids is 1. The zero-order valence-electron chi connectivity index (χ0n) is 18.8. The highest BCUT2D eigenvalue weighted by molar-refractivity contribution is 5.84. The predicted octanol–water partition coefficient (Wildman–Crippen LogP) is 3.13. The first kappa shape index (κ1) is 24.1. The van der Waals surface area contributed by atoms with Crippen molar-refractivity contribution < 1.29 is 19.8 Å². The van der Waals surface area contributed by atoms with Crippen LogP contribution >= 0.6 is 0 Å². The molecule has 0 aliphatic carbocycles. The van der Waals surface area contributed by atoms with Crippen LogP contribution < -0.4 is 0 Å². The third kappa shape index (κ3) is 5.81. The Bertz CT molecular complexity index is 1050. The number of amides is 1. The first-order valence-corrected chi connectivity index (χ1v) is 11.0. The number of unbranched alkanes of at least 4 members (excludes halogenated alkanes) is 1. The molecule has 0 radical (unpaired) electrons. The van der Waals surface area contributed by atoms with E-state index in [1.807, 2.05) is 55.5 Å². The number of aromatic amines is 1. The fourth-order valence-corrected chi connectivity index (χ4v) is 3.79. The second kappa shape index (κ2) is 11.3. The summed E-state index contributed by atoms with van der Waals surface area (Å²) in [6, 6.07) is 14.2. The lowest BCUT2D eigenvalue weighted by molar-refractivity contribution is -0.154. The van der Waals surface area contributed by atoms with Crippen LogP contribution in [0.3, 0.4) is 0 Å². The van der Waals surface area contributed by atoms with Gasteiger partial charge in [0.1, 0.15) is 6.04 Å². The summed E-state index contributed by atoms with van der Waals surface area (Å²) in [5.74, 6) is -1.44. The molecule has 2 unspecified atom stereocenters. The fraction of sp³-hybridized carbons (Fsp3) is 0.375. The maximum atomic E-state index is 12.9. The van der Waals surface area contributed by atoms with Gasteiger partial charge in [-0.15, -0.1) is 10.2 Å². The summed E-state index contributed by atoms with van der Waals surface area (Å²) in [7, 11) is 0. The van der Waals surface area contributed by atoms with Gasteiger partial charge in [0, 0.05) is 31.1 Å². The summed E-state index contributed by atoms with van der Waals surface area (Å²) < 4.78 is 0. The molecule has 0 bridgehead atoms. The van der Waals surface area contributed by atoms with Crippen LogP contribution in [-0.2, 0) is 16.1 Å². The van der Waals surface area contributed by atoms with Crippen molar-refractivity contribution in [1.82, 2.24) is 25.5 Å². The summed E-state index contributed by atoms with van der Waals surface area (Å²) in [5, 5.41) is 33.6. The minimum absolute atomic E-state index is 0.149. The highest BCUT2D eigenvalue weighted by Gasteiger charge is 2.33. The van der Waals surface area contributed by atoms with Crippen LogP contribution in [0.1, 0.15) is 38.7 Å². The summed E-state index contributed by atoms with van der Waals surface area (Å²) >= 11 is 0. The molecule has 3 rings (SSSR count). The molecule has 0 aliphatic heterocycles. The number of tetrazole rings is 1. The quantitative estimate of drug-likeness (QED) is 0.408. The number of aliphatic hydroxyl groups excluding tert-OH is 1. The summed E-state index contributed by atoms with van der Waals surface area (Å²) in [6.07, 6.45) is 1.79. The summed E-state index contributed by atoms with van der Waals surface area (Å²) in [6.45, 7) is 3.45. The van der Waals surface area contributed by atoms with Gasteiger partial charge >= 0.3 is 5.97 Å². The Morgan fingerprint density at radius 2 is 1.79 bits per heavy atom. The lowest BCUT2D eigenvalue weighted by Gasteiger charge is -2.32. The molecule has 174 valence electrons. The van der Waals surface area contributed by atoms with Gasteiger partial charge in [-0.1, -0.05) is 68.8 Å². The van der Waals surface area contributed by atoms with Crippen LogP contribution in [0.5, 0.6) is 0 Å². The highest BCUT2D eigenvalue weighted by atomic mass is 16.4. The van der Waals surface area contributed by atoms with Gasteiger partial charge in [-0.05, 0) is 28.3 Å². The van der Waals surface area contributed by atoms with Crippen LogP contribution in [0.2, 0.25) is 0 Å². The van der Waals surface area contributed by atoms with Gasteiger partial charge in [0.05, 0.1) is 0 Å². The van der Waals surface area contributed by atoms with Crippen LogP contribution in [0.15, 0.2) is 48.5 Å². The molecule has 3 aromatic rings. The number of aliphatic carboxylic acids is 1. The molecule has 0 spiro atoms. The topological polar surface area (TPSA) is 132 Å². The lowest BCUT2D eigenvalue weighted by atomic mass is 9.97. The Labute approximate surface area is 192 Å². The third-order valence-electron chi connectivity index (χ3n) is 5.61.